The summed E-state index contributed by atoms with van der Waals surface area (Å²) < 4.78 is 0. The fourth-order valence-corrected chi connectivity index (χ4v) is 3.43. The number of nitrogens with one attached hydrogen (secondary N) is 1. The van der Waals surface area contributed by atoms with Crippen molar-refractivity contribution in [1.29, 1.82) is 0 Å². The first-order chi connectivity index (χ1) is 9.73. The Labute approximate surface area is 117 Å². The largest absolute Gasteiger partial charge is 0.310 e. The number of carbonyl (C=O) groups excluding carboxylic acids is 1. The number of nitrogens with zero attached hydrogens (tertiary/aromatic N) is 2. The Balaban J connectivity index is 1.83. The van der Waals surface area contributed by atoms with Gasteiger partial charge >= 0.3 is 0 Å². The molecular weight excluding hydrogens is 250 g/mol. The van der Waals surface area contributed by atoms with Crippen LogP contribution in [0.4, 0.5) is 5.82 Å². The molecule has 1 N–H and O–H groups in total. The van der Waals surface area contributed by atoms with E-state index in [-0.39, 0.29) is 5.91 Å². The maximum absolute atomic E-state index is 12.5. The Morgan fingerprint density at radius 3 is 3.00 bits per heavy atom. The van der Waals surface area contributed by atoms with Crippen LogP contribution < -0.4 is 5.32 Å². The van der Waals surface area contributed by atoms with Crippen LogP contribution in [0.15, 0.2) is 30.7 Å². The molecular formula is C16H15N3O. The topological polar surface area (TPSA) is 54.9 Å². The van der Waals surface area contributed by atoms with Crippen LogP contribution in [0.3, 0.4) is 0 Å². The van der Waals surface area contributed by atoms with Crippen molar-refractivity contribution in [2.24, 2.45) is 0 Å². The van der Waals surface area contributed by atoms with Crippen molar-refractivity contribution < 1.29 is 4.79 Å². The summed E-state index contributed by atoms with van der Waals surface area (Å²) in [6.07, 6.45) is 5.79. The first-order valence-electron chi connectivity index (χ1n) is 6.95. The minimum Gasteiger partial charge on any atom is -0.310 e. The molecule has 0 radical (unpaired) electrons. The van der Waals surface area contributed by atoms with Gasteiger partial charge in [0.05, 0.1) is 5.41 Å². The molecule has 0 saturated carbocycles. The first-order valence-corrected chi connectivity index (χ1v) is 6.95. The third kappa shape index (κ3) is 1.39. The van der Waals surface area contributed by atoms with Gasteiger partial charge in [-0.1, -0.05) is 25.1 Å². The van der Waals surface area contributed by atoms with Crippen molar-refractivity contribution in [3.05, 3.63) is 53.0 Å². The highest BCUT2D eigenvalue weighted by Crippen LogP contribution is 2.46. The Kier molecular flexibility index (Phi) is 2.25. The summed E-state index contributed by atoms with van der Waals surface area (Å²) in [5.41, 5.74) is 4.33. The van der Waals surface area contributed by atoms with Gasteiger partial charge in [-0.3, -0.25) is 4.79 Å². The van der Waals surface area contributed by atoms with Gasteiger partial charge in [-0.15, -0.1) is 0 Å². The number of fused-ring (bicyclic) bond motifs is 3. The van der Waals surface area contributed by atoms with Crippen LogP contribution in [-0.2, 0) is 29.5 Å². The summed E-state index contributed by atoms with van der Waals surface area (Å²) >= 11 is 0. The van der Waals surface area contributed by atoms with Gasteiger partial charge in [0.15, 0.2) is 0 Å². The Hall–Kier alpha value is -2.23. The van der Waals surface area contributed by atoms with Crippen LogP contribution in [0.2, 0.25) is 0 Å². The Morgan fingerprint density at radius 1 is 1.30 bits per heavy atom. The van der Waals surface area contributed by atoms with E-state index in [0.717, 1.165) is 24.8 Å². The summed E-state index contributed by atoms with van der Waals surface area (Å²) in [6, 6.07) is 6.56. The lowest BCUT2D eigenvalue weighted by Gasteiger charge is -2.19. The molecule has 1 aromatic carbocycles. The van der Waals surface area contributed by atoms with Gasteiger partial charge in [-0.2, -0.15) is 0 Å². The number of hydrogen-bond acceptors (Lipinski definition) is 3. The molecule has 1 aliphatic carbocycles. The molecule has 4 rings (SSSR count). The number of rotatable bonds is 1. The second-order valence-corrected chi connectivity index (χ2v) is 5.63. The molecule has 2 aromatic rings. The zero-order valence-corrected chi connectivity index (χ0v) is 11.3. The van der Waals surface area contributed by atoms with Gasteiger partial charge in [0.2, 0.25) is 5.91 Å². The lowest BCUT2D eigenvalue weighted by Crippen LogP contribution is -2.35. The number of amides is 1. The molecule has 1 atom stereocenters. The third-order valence-corrected chi connectivity index (χ3v) is 4.56. The maximum Gasteiger partial charge on any atom is 0.237 e. The molecule has 20 heavy (non-hydrogen) atoms. The van der Waals surface area contributed by atoms with Gasteiger partial charge in [-0.25, -0.2) is 9.97 Å². The molecule has 100 valence electrons. The van der Waals surface area contributed by atoms with Crippen molar-refractivity contribution in [2.45, 2.75) is 31.6 Å². The number of carbonyl (C=O) groups is 1. The molecule has 1 unspecified atom stereocenters. The molecule has 4 nitrogen and oxygen atoms in total. The summed E-state index contributed by atoms with van der Waals surface area (Å²) in [5, 5.41) is 2.90. The fraction of sp³-hybridized carbons (Fsp3) is 0.312. The Bertz CT molecular complexity index is 725. The summed E-state index contributed by atoms with van der Waals surface area (Å²) in [5.74, 6) is 0.732. The highest BCUT2D eigenvalue weighted by atomic mass is 16.2. The number of anilines is 1. The zero-order chi connectivity index (χ0) is 13.7. The average molecular weight is 265 g/mol. The SMILES string of the molecule is CCc1ccc2c(c1)CC1(C2)C(=O)Nc2ncncc21. The molecule has 1 amide bonds. The fourth-order valence-electron chi connectivity index (χ4n) is 3.43. The smallest absolute Gasteiger partial charge is 0.237 e. The molecule has 1 aromatic heterocycles. The van der Waals surface area contributed by atoms with Gasteiger partial charge < -0.3 is 5.32 Å². The van der Waals surface area contributed by atoms with E-state index in [1.165, 1.54) is 23.0 Å². The number of benzene rings is 1. The van der Waals surface area contributed by atoms with E-state index in [4.69, 9.17) is 0 Å². The molecule has 2 aliphatic rings. The van der Waals surface area contributed by atoms with E-state index < -0.39 is 5.41 Å². The van der Waals surface area contributed by atoms with E-state index in [0.29, 0.717) is 5.82 Å². The summed E-state index contributed by atoms with van der Waals surface area (Å²) in [7, 11) is 0. The van der Waals surface area contributed by atoms with Crippen LogP contribution in [0.5, 0.6) is 0 Å². The van der Waals surface area contributed by atoms with Crippen LogP contribution in [-0.4, -0.2) is 15.9 Å². The minimum absolute atomic E-state index is 0.0576. The molecule has 0 bridgehead atoms. The summed E-state index contributed by atoms with van der Waals surface area (Å²) in [4.78, 5) is 20.8. The van der Waals surface area contributed by atoms with Crippen molar-refractivity contribution in [1.82, 2.24) is 9.97 Å². The van der Waals surface area contributed by atoms with E-state index in [2.05, 4.69) is 40.4 Å². The second-order valence-electron chi connectivity index (χ2n) is 5.63. The highest BCUT2D eigenvalue weighted by molar-refractivity contribution is 6.06. The second kappa shape index (κ2) is 3.88. The normalized spacial score (nSPS) is 22.8. The monoisotopic (exact) mass is 265 g/mol. The lowest BCUT2D eigenvalue weighted by molar-refractivity contribution is -0.120. The average Bonchev–Trinajstić information content (AvgIpc) is 2.98. The zero-order valence-electron chi connectivity index (χ0n) is 11.3. The van der Waals surface area contributed by atoms with Crippen molar-refractivity contribution in [2.75, 3.05) is 5.32 Å². The van der Waals surface area contributed by atoms with E-state index >= 15 is 0 Å². The molecule has 4 heteroatoms. The van der Waals surface area contributed by atoms with Crippen molar-refractivity contribution >= 4 is 11.7 Å². The number of aryl methyl sites for hydroxylation is 1. The highest BCUT2D eigenvalue weighted by Gasteiger charge is 2.51. The molecule has 0 fully saturated rings. The standard InChI is InChI=1S/C16H15N3O/c1-2-10-3-4-11-6-16(7-12(11)5-10)13-8-17-9-18-14(13)19-15(16)20/h3-5,8-9H,2,6-7H2,1H3,(H,17,18,19,20). The van der Waals surface area contributed by atoms with Crippen molar-refractivity contribution in [3.8, 4) is 0 Å². The minimum atomic E-state index is -0.495. The lowest BCUT2D eigenvalue weighted by atomic mass is 9.80. The van der Waals surface area contributed by atoms with Crippen LogP contribution in [0.1, 0.15) is 29.2 Å². The van der Waals surface area contributed by atoms with Gasteiger partial charge in [0.1, 0.15) is 12.1 Å². The predicted molar refractivity (Wildman–Crippen MR) is 75.6 cm³/mol. The van der Waals surface area contributed by atoms with E-state index in [1.807, 2.05) is 0 Å². The van der Waals surface area contributed by atoms with E-state index in [9.17, 15) is 4.79 Å². The number of aromatic nitrogens is 2. The summed E-state index contributed by atoms with van der Waals surface area (Å²) in [6.45, 7) is 2.15. The van der Waals surface area contributed by atoms with Gasteiger partial charge in [0, 0.05) is 11.8 Å². The van der Waals surface area contributed by atoms with Gasteiger partial charge in [0.25, 0.3) is 0 Å². The first kappa shape index (κ1) is 11.6. The van der Waals surface area contributed by atoms with E-state index in [1.54, 1.807) is 6.20 Å². The third-order valence-electron chi connectivity index (χ3n) is 4.56. The molecule has 1 spiro atoms. The molecule has 0 saturated heterocycles. The predicted octanol–water partition coefficient (Wildman–Crippen LogP) is 2.03. The quantitative estimate of drug-likeness (QED) is 0.858. The van der Waals surface area contributed by atoms with Crippen LogP contribution >= 0.6 is 0 Å². The number of hydrogen-bond donors (Lipinski definition) is 1. The van der Waals surface area contributed by atoms with Crippen molar-refractivity contribution in [3.63, 3.8) is 0 Å². The van der Waals surface area contributed by atoms with Gasteiger partial charge in [-0.05, 0) is 36.0 Å². The van der Waals surface area contributed by atoms with Crippen LogP contribution in [0.25, 0.3) is 0 Å². The molecule has 2 heterocycles. The molecule has 1 aliphatic heterocycles. The maximum atomic E-state index is 12.5. The van der Waals surface area contributed by atoms with Crippen LogP contribution in [0, 0.1) is 0 Å². The Morgan fingerprint density at radius 2 is 2.15 bits per heavy atom.